The molecule has 1 aliphatic carbocycles. The van der Waals surface area contributed by atoms with E-state index in [0.29, 0.717) is 11.3 Å². The Bertz CT molecular complexity index is 1120. The first-order chi connectivity index (χ1) is 15.6. The van der Waals surface area contributed by atoms with Crippen LogP contribution in [0.1, 0.15) is 24.0 Å². The van der Waals surface area contributed by atoms with Gasteiger partial charge >= 0.3 is 6.18 Å². The Kier molecular flexibility index (Phi) is 6.23. The summed E-state index contributed by atoms with van der Waals surface area (Å²) >= 11 is 0. The largest absolute Gasteiger partial charge is 0.416 e. The van der Waals surface area contributed by atoms with Gasteiger partial charge in [-0.15, -0.1) is 0 Å². The number of benzene rings is 1. The van der Waals surface area contributed by atoms with Gasteiger partial charge in [0.25, 0.3) is 0 Å². The number of nitrogens with zero attached hydrogens (tertiary/aromatic N) is 2. The molecule has 0 amide bonds. The fourth-order valence-corrected chi connectivity index (χ4v) is 3.34. The molecular formula is C23H21F3N2O5. The summed E-state index contributed by atoms with van der Waals surface area (Å²) < 4.78 is 45.1. The van der Waals surface area contributed by atoms with Gasteiger partial charge in [-0.1, -0.05) is 23.7 Å². The van der Waals surface area contributed by atoms with Gasteiger partial charge in [-0.2, -0.15) is 18.3 Å². The minimum absolute atomic E-state index is 0.101. The topological polar surface area (TPSA) is 108 Å². The molecular weight excluding hydrogens is 441 g/mol. The van der Waals surface area contributed by atoms with Crippen molar-refractivity contribution in [2.45, 2.75) is 49.0 Å². The Morgan fingerprint density at radius 3 is 2.45 bits per heavy atom. The molecule has 1 saturated carbocycles. The van der Waals surface area contributed by atoms with Gasteiger partial charge in [0.2, 0.25) is 0 Å². The van der Waals surface area contributed by atoms with E-state index < -0.39 is 48.4 Å². The van der Waals surface area contributed by atoms with E-state index in [4.69, 9.17) is 4.74 Å². The molecule has 7 nitrogen and oxygen atoms in total. The summed E-state index contributed by atoms with van der Waals surface area (Å²) in [6.45, 7) is -0.603. The summed E-state index contributed by atoms with van der Waals surface area (Å²) in [5.74, 6) is 10.9. The van der Waals surface area contributed by atoms with Gasteiger partial charge in [0.05, 0.1) is 29.6 Å². The summed E-state index contributed by atoms with van der Waals surface area (Å²) in [5, 5.41) is 45.2. The van der Waals surface area contributed by atoms with Crippen molar-refractivity contribution in [1.82, 2.24) is 9.78 Å². The lowest BCUT2D eigenvalue weighted by Gasteiger charge is -2.43. The first kappa shape index (κ1) is 23.3. The minimum atomic E-state index is -4.44. The van der Waals surface area contributed by atoms with Gasteiger partial charge in [0.1, 0.15) is 18.3 Å². The second-order valence-electron chi connectivity index (χ2n) is 8.03. The first-order valence-electron chi connectivity index (χ1n) is 10.2. The molecule has 2 fully saturated rings. The van der Waals surface area contributed by atoms with Crippen molar-refractivity contribution in [2.75, 3.05) is 6.61 Å². The molecule has 1 aromatic carbocycles. The molecule has 10 heteroatoms. The van der Waals surface area contributed by atoms with Crippen LogP contribution in [0.2, 0.25) is 0 Å². The number of hydrogen-bond donors (Lipinski definition) is 4. The Morgan fingerprint density at radius 1 is 1.15 bits per heavy atom. The highest BCUT2D eigenvalue weighted by Crippen LogP contribution is 2.32. The Balaban J connectivity index is 1.58. The van der Waals surface area contributed by atoms with Gasteiger partial charge in [-0.3, -0.25) is 0 Å². The summed E-state index contributed by atoms with van der Waals surface area (Å²) in [4.78, 5) is 0. The van der Waals surface area contributed by atoms with Crippen molar-refractivity contribution in [3.8, 4) is 29.4 Å². The summed E-state index contributed by atoms with van der Waals surface area (Å²) in [7, 11) is 0. The number of aromatic nitrogens is 2. The number of aliphatic hydroxyl groups excluding tert-OH is 3. The molecule has 1 saturated heterocycles. The predicted molar refractivity (Wildman–Crippen MR) is 109 cm³/mol. The van der Waals surface area contributed by atoms with Crippen LogP contribution in [0.25, 0.3) is 5.69 Å². The molecule has 5 atom stereocenters. The lowest BCUT2D eigenvalue weighted by atomic mass is 9.82. The van der Waals surface area contributed by atoms with Crippen LogP contribution in [0.4, 0.5) is 13.2 Å². The molecule has 0 bridgehead atoms. The van der Waals surface area contributed by atoms with Crippen molar-refractivity contribution in [1.29, 1.82) is 0 Å². The van der Waals surface area contributed by atoms with Crippen molar-refractivity contribution in [3.05, 3.63) is 47.8 Å². The molecule has 0 spiro atoms. The number of halogens is 3. The number of hydrogen-bond acceptors (Lipinski definition) is 6. The quantitative estimate of drug-likeness (QED) is 0.494. The van der Waals surface area contributed by atoms with E-state index >= 15 is 0 Å². The zero-order chi connectivity index (χ0) is 23.8. The third-order valence-electron chi connectivity index (χ3n) is 5.49. The molecule has 0 unspecified atom stereocenters. The zero-order valence-corrected chi connectivity index (χ0v) is 17.2. The average molecular weight is 462 g/mol. The van der Waals surface area contributed by atoms with Crippen LogP contribution in [-0.4, -0.2) is 66.8 Å². The molecule has 2 aliphatic rings. The highest BCUT2D eigenvalue weighted by Gasteiger charge is 2.53. The van der Waals surface area contributed by atoms with Crippen molar-refractivity contribution in [3.63, 3.8) is 0 Å². The second kappa shape index (κ2) is 8.82. The van der Waals surface area contributed by atoms with E-state index in [0.717, 1.165) is 25.0 Å². The summed E-state index contributed by atoms with van der Waals surface area (Å²) in [6.07, 6.45) is -5.63. The maximum Gasteiger partial charge on any atom is 0.416 e. The van der Waals surface area contributed by atoms with Crippen molar-refractivity contribution >= 4 is 0 Å². The summed E-state index contributed by atoms with van der Waals surface area (Å²) in [5.41, 5.74) is -2.21. The Morgan fingerprint density at radius 2 is 1.85 bits per heavy atom. The van der Waals surface area contributed by atoms with Crippen LogP contribution in [0.3, 0.4) is 0 Å². The molecule has 174 valence electrons. The van der Waals surface area contributed by atoms with Crippen LogP contribution in [0.15, 0.2) is 36.7 Å². The van der Waals surface area contributed by atoms with Crippen molar-refractivity contribution < 1.29 is 38.3 Å². The maximum absolute atomic E-state index is 12.7. The number of alkyl halides is 3. The second-order valence-corrected chi connectivity index (χ2v) is 8.03. The van der Waals surface area contributed by atoms with Gasteiger partial charge in [-0.25, -0.2) is 4.68 Å². The molecule has 0 radical (unpaired) electrons. The maximum atomic E-state index is 12.7. The standard InChI is InChI=1S/C23H21F3N2O5/c24-23(25,26)16-4-6-17(7-5-16)28-12-15(11-27-28)3-8-19-22(32,10-9-14-1-2-14)21(31)20(30)18(13-29)33-19/h4-7,11-12,14,18-21,29-32H,1-2,13H2/t18-,19-,20-,21+,22-/m1/s1. The van der Waals surface area contributed by atoms with E-state index in [1.54, 1.807) is 0 Å². The third kappa shape index (κ3) is 4.91. The molecule has 2 aromatic rings. The van der Waals surface area contributed by atoms with Crippen molar-refractivity contribution in [2.24, 2.45) is 5.92 Å². The lowest BCUT2D eigenvalue weighted by molar-refractivity contribution is -0.239. The molecule has 1 aliphatic heterocycles. The monoisotopic (exact) mass is 462 g/mol. The van der Waals surface area contributed by atoms with Crippen LogP contribution in [0, 0.1) is 29.6 Å². The zero-order valence-electron chi connectivity index (χ0n) is 17.2. The predicted octanol–water partition coefficient (Wildman–Crippen LogP) is 0.869. The fourth-order valence-electron chi connectivity index (χ4n) is 3.34. The SMILES string of the molecule is OC[C@H]1O[C@H](C#Cc2cnn(-c3ccc(C(F)(F)F)cc3)c2)[C@](O)(C#CC2CC2)[C@@H](O)[C@@H]1O. The molecule has 33 heavy (non-hydrogen) atoms. The lowest BCUT2D eigenvalue weighted by Crippen LogP contribution is -2.65. The smallest absolute Gasteiger partial charge is 0.394 e. The third-order valence-corrected chi connectivity index (χ3v) is 5.49. The normalized spacial score (nSPS) is 29.5. The summed E-state index contributed by atoms with van der Waals surface area (Å²) in [6, 6.07) is 4.43. The van der Waals surface area contributed by atoms with Gasteiger partial charge in [-0.05, 0) is 37.1 Å². The number of rotatable bonds is 2. The molecule has 4 N–H and O–H groups in total. The highest BCUT2D eigenvalue weighted by atomic mass is 19.4. The van der Waals surface area contributed by atoms with E-state index in [1.807, 2.05) is 0 Å². The first-order valence-corrected chi connectivity index (χ1v) is 10.2. The number of ether oxygens (including phenoxy) is 1. The molecule has 4 rings (SSSR count). The Hall–Kier alpha value is -2.86. The van der Waals surface area contributed by atoms with E-state index in [2.05, 4.69) is 28.8 Å². The highest BCUT2D eigenvalue weighted by molar-refractivity contribution is 5.40. The van der Waals surface area contributed by atoms with Crippen LogP contribution in [-0.2, 0) is 10.9 Å². The van der Waals surface area contributed by atoms with Gasteiger partial charge < -0.3 is 25.2 Å². The van der Waals surface area contributed by atoms with Crippen LogP contribution >= 0.6 is 0 Å². The average Bonchev–Trinajstić information content (AvgIpc) is 3.51. The van der Waals surface area contributed by atoms with E-state index in [1.165, 1.54) is 29.2 Å². The van der Waals surface area contributed by atoms with Crippen LogP contribution < -0.4 is 0 Å². The Labute approximate surface area is 187 Å². The molecule has 1 aromatic heterocycles. The van der Waals surface area contributed by atoms with Gasteiger partial charge in [0.15, 0.2) is 11.7 Å². The van der Waals surface area contributed by atoms with Crippen LogP contribution in [0.5, 0.6) is 0 Å². The number of aliphatic hydroxyl groups is 4. The van der Waals surface area contributed by atoms with E-state index in [9.17, 15) is 33.6 Å². The fraction of sp³-hybridized carbons (Fsp3) is 0.435. The minimum Gasteiger partial charge on any atom is -0.394 e. The molecule has 2 heterocycles. The van der Waals surface area contributed by atoms with E-state index in [-0.39, 0.29) is 5.92 Å². The van der Waals surface area contributed by atoms with Gasteiger partial charge in [0, 0.05) is 12.1 Å².